The Bertz CT molecular complexity index is 738. The van der Waals surface area contributed by atoms with E-state index >= 15 is 0 Å². The lowest BCUT2D eigenvalue weighted by molar-refractivity contribution is 0.250. The van der Waals surface area contributed by atoms with E-state index in [0.29, 0.717) is 6.61 Å². The summed E-state index contributed by atoms with van der Waals surface area (Å²) >= 11 is 0. The van der Waals surface area contributed by atoms with Gasteiger partial charge in [0.2, 0.25) is 0 Å². The van der Waals surface area contributed by atoms with Crippen molar-refractivity contribution < 1.29 is 27.4 Å². The normalized spacial score (nSPS) is 10.6. The van der Waals surface area contributed by atoms with E-state index in [-0.39, 0.29) is 35.1 Å². The van der Waals surface area contributed by atoms with Crippen molar-refractivity contribution in [1.29, 1.82) is 0 Å². The lowest BCUT2D eigenvalue weighted by atomic mass is 10.2. The zero-order valence-electron chi connectivity index (χ0n) is 14.1. The van der Waals surface area contributed by atoms with Gasteiger partial charge in [-0.05, 0) is 18.6 Å². The third kappa shape index (κ3) is 4.49. The van der Waals surface area contributed by atoms with Crippen molar-refractivity contribution >= 4 is 5.69 Å². The molecule has 2 aromatic rings. The monoisotopic (exact) mass is 355 g/mol. The summed E-state index contributed by atoms with van der Waals surface area (Å²) < 4.78 is 57.1. The van der Waals surface area contributed by atoms with Crippen LogP contribution in [0.25, 0.3) is 0 Å². The van der Waals surface area contributed by atoms with Gasteiger partial charge in [-0.2, -0.15) is 0 Å². The van der Waals surface area contributed by atoms with Gasteiger partial charge >= 0.3 is 0 Å². The lowest BCUT2D eigenvalue weighted by Gasteiger charge is -2.15. The van der Waals surface area contributed by atoms with Gasteiger partial charge in [0.25, 0.3) is 0 Å². The number of rotatable bonds is 8. The molecule has 4 nitrogen and oxygen atoms in total. The third-order valence-electron chi connectivity index (χ3n) is 3.56. The Morgan fingerprint density at radius 1 is 0.960 bits per heavy atom. The summed E-state index contributed by atoms with van der Waals surface area (Å²) in [6, 6.07) is 4.63. The predicted octanol–water partition coefficient (Wildman–Crippen LogP) is 4.45. The van der Waals surface area contributed by atoms with Crippen LogP contribution in [-0.4, -0.2) is 13.7 Å². The fourth-order valence-corrected chi connectivity index (χ4v) is 2.15. The molecular formula is C18H20F3NO3. The smallest absolute Gasteiger partial charge is 0.169 e. The van der Waals surface area contributed by atoms with E-state index in [1.807, 2.05) is 6.92 Å². The maximum atomic E-state index is 14.0. The summed E-state index contributed by atoms with van der Waals surface area (Å²) in [7, 11) is 1.34. The van der Waals surface area contributed by atoms with Crippen LogP contribution in [0, 0.1) is 17.5 Å². The molecule has 0 aliphatic carbocycles. The number of benzene rings is 2. The van der Waals surface area contributed by atoms with E-state index < -0.39 is 17.5 Å². The van der Waals surface area contributed by atoms with Crippen molar-refractivity contribution in [1.82, 2.24) is 0 Å². The van der Waals surface area contributed by atoms with Gasteiger partial charge in [-0.15, -0.1) is 0 Å². The van der Waals surface area contributed by atoms with Crippen LogP contribution in [0.2, 0.25) is 0 Å². The van der Waals surface area contributed by atoms with Gasteiger partial charge in [0.1, 0.15) is 18.2 Å². The van der Waals surface area contributed by atoms with Crippen LogP contribution in [0.1, 0.15) is 25.3 Å². The van der Waals surface area contributed by atoms with Crippen LogP contribution in [0.4, 0.5) is 18.9 Å². The van der Waals surface area contributed by atoms with Crippen molar-refractivity contribution in [3.05, 3.63) is 47.3 Å². The van der Waals surface area contributed by atoms with E-state index in [1.165, 1.54) is 19.2 Å². The maximum absolute atomic E-state index is 14.0. The van der Waals surface area contributed by atoms with Crippen molar-refractivity contribution in [2.24, 2.45) is 0 Å². The molecule has 7 heteroatoms. The summed E-state index contributed by atoms with van der Waals surface area (Å²) in [4.78, 5) is 0. The number of methoxy groups -OCH3 is 1. The van der Waals surface area contributed by atoms with Gasteiger partial charge in [-0.3, -0.25) is 0 Å². The summed E-state index contributed by atoms with van der Waals surface area (Å²) in [6.45, 7) is 2.03. The summed E-state index contributed by atoms with van der Waals surface area (Å²) in [6.07, 6.45) is 1.68. The highest BCUT2D eigenvalue weighted by Gasteiger charge is 2.17. The van der Waals surface area contributed by atoms with E-state index in [4.69, 9.17) is 19.9 Å². The first-order valence-electron chi connectivity index (χ1n) is 7.83. The average molecular weight is 355 g/mol. The lowest BCUT2D eigenvalue weighted by Crippen LogP contribution is -2.06. The average Bonchev–Trinajstić information content (AvgIpc) is 2.60. The Labute approximate surface area is 144 Å². The molecule has 0 amide bonds. The van der Waals surface area contributed by atoms with Crippen LogP contribution in [-0.2, 0) is 6.61 Å². The zero-order valence-corrected chi connectivity index (χ0v) is 14.1. The fraction of sp³-hybridized carbons (Fsp3) is 0.333. The summed E-state index contributed by atoms with van der Waals surface area (Å²) in [5, 5.41) is 0. The quantitative estimate of drug-likeness (QED) is 0.561. The van der Waals surface area contributed by atoms with E-state index in [9.17, 15) is 13.2 Å². The molecule has 2 aromatic carbocycles. The molecule has 0 spiro atoms. The number of halogens is 3. The molecule has 0 radical (unpaired) electrons. The molecule has 0 heterocycles. The molecule has 0 unspecified atom stereocenters. The van der Waals surface area contributed by atoms with Crippen LogP contribution in [0.3, 0.4) is 0 Å². The third-order valence-corrected chi connectivity index (χ3v) is 3.56. The highest BCUT2D eigenvalue weighted by atomic mass is 19.2. The number of anilines is 1. The first kappa shape index (κ1) is 18.8. The minimum Gasteiger partial charge on any atom is -0.496 e. The van der Waals surface area contributed by atoms with Gasteiger partial charge in [0.05, 0.1) is 25.0 Å². The molecule has 0 bridgehead atoms. The van der Waals surface area contributed by atoms with Crippen molar-refractivity contribution in [2.45, 2.75) is 26.4 Å². The number of hydrogen-bond donors (Lipinski definition) is 1. The molecule has 2 N–H and O–H groups in total. The molecule has 0 aliphatic rings. The van der Waals surface area contributed by atoms with Crippen molar-refractivity contribution in [2.75, 3.05) is 19.5 Å². The van der Waals surface area contributed by atoms with E-state index in [1.54, 1.807) is 0 Å². The highest BCUT2D eigenvalue weighted by molar-refractivity contribution is 5.53. The predicted molar refractivity (Wildman–Crippen MR) is 88.5 cm³/mol. The van der Waals surface area contributed by atoms with Gasteiger partial charge in [-0.25, -0.2) is 13.2 Å². The van der Waals surface area contributed by atoms with Gasteiger partial charge < -0.3 is 19.9 Å². The Hall–Kier alpha value is -2.57. The van der Waals surface area contributed by atoms with Crippen LogP contribution in [0.15, 0.2) is 24.3 Å². The number of nitrogen functional groups attached to an aromatic ring is 1. The molecule has 0 aliphatic heterocycles. The number of hydrogen-bond acceptors (Lipinski definition) is 4. The molecule has 25 heavy (non-hydrogen) atoms. The van der Waals surface area contributed by atoms with E-state index in [2.05, 4.69) is 0 Å². The Kier molecular flexibility index (Phi) is 6.38. The molecule has 0 aromatic heterocycles. The van der Waals surface area contributed by atoms with Gasteiger partial charge in [0.15, 0.2) is 23.1 Å². The minimum atomic E-state index is -1.07. The molecule has 0 atom stereocenters. The second-order valence-corrected chi connectivity index (χ2v) is 5.35. The summed E-state index contributed by atoms with van der Waals surface area (Å²) in [5.74, 6) is -2.30. The molecule has 0 fully saturated rings. The van der Waals surface area contributed by atoms with Gasteiger partial charge in [0, 0.05) is 12.1 Å². The zero-order chi connectivity index (χ0) is 18.4. The standard InChI is InChI=1S/C18H20F3NO3/c1-3-4-7-24-16-8-13(20)14(22)9-17(16)25-10-11-15(23-2)6-5-12(19)18(11)21/h5-6,8-9H,3-4,7,10,22H2,1-2H3. The largest absolute Gasteiger partial charge is 0.496 e. The van der Waals surface area contributed by atoms with Crippen LogP contribution in [0.5, 0.6) is 17.2 Å². The van der Waals surface area contributed by atoms with Crippen LogP contribution >= 0.6 is 0 Å². The highest BCUT2D eigenvalue weighted by Crippen LogP contribution is 2.34. The number of nitrogens with two attached hydrogens (primary N) is 1. The molecule has 2 rings (SSSR count). The second-order valence-electron chi connectivity index (χ2n) is 5.35. The van der Waals surface area contributed by atoms with Gasteiger partial charge in [-0.1, -0.05) is 13.3 Å². The van der Waals surface area contributed by atoms with E-state index in [0.717, 1.165) is 25.0 Å². The molecular weight excluding hydrogens is 335 g/mol. The van der Waals surface area contributed by atoms with Crippen molar-refractivity contribution in [3.63, 3.8) is 0 Å². The fourth-order valence-electron chi connectivity index (χ4n) is 2.15. The topological polar surface area (TPSA) is 53.7 Å². The first-order valence-corrected chi connectivity index (χ1v) is 7.83. The summed E-state index contributed by atoms with van der Waals surface area (Å²) in [5.41, 5.74) is 5.33. The number of ether oxygens (including phenoxy) is 3. The molecule has 136 valence electrons. The second kappa shape index (κ2) is 8.50. The molecule has 0 saturated carbocycles. The Morgan fingerprint density at radius 3 is 2.36 bits per heavy atom. The molecule has 0 saturated heterocycles. The first-order chi connectivity index (χ1) is 12.0. The van der Waals surface area contributed by atoms with Crippen molar-refractivity contribution in [3.8, 4) is 17.2 Å². The van der Waals surface area contributed by atoms with Crippen LogP contribution < -0.4 is 19.9 Å². The Morgan fingerprint density at radius 2 is 1.68 bits per heavy atom. The minimum absolute atomic E-state index is 0.0927. The SMILES string of the molecule is CCCCOc1cc(F)c(N)cc1OCc1c(OC)ccc(F)c1F. The Balaban J connectivity index is 2.25. The number of unbranched alkanes of at least 4 members (excludes halogenated alkanes) is 1. The maximum Gasteiger partial charge on any atom is 0.169 e.